The highest BCUT2D eigenvalue weighted by molar-refractivity contribution is 9.10. The average molecular weight is 271 g/mol. The van der Waals surface area contributed by atoms with E-state index in [0.29, 0.717) is 0 Å². The molecular weight excluding hydrogens is 256 g/mol. The summed E-state index contributed by atoms with van der Waals surface area (Å²) >= 11 is 3.44. The van der Waals surface area contributed by atoms with Gasteiger partial charge in [0.1, 0.15) is 0 Å². The van der Waals surface area contributed by atoms with Crippen molar-refractivity contribution in [3.8, 4) is 0 Å². The lowest BCUT2D eigenvalue weighted by Gasteiger charge is -2.26. The summed E-state index contributed by atoms with van der Waals surface area (Å²) in [6.07, 6.45) is 2.17. The summed E-state index contributed by atoms with van der Waals surface area (Å²) < 4.78 is 1.02. The molecule has 1 saturated heterocycles. The van der Waals surface area contributed by atoms with Gasteiger partial charge in [0.15, 0.2) is 0 Å². The van der Waals surface area contributed by atoms with E-state index >= 15 is 0 Å². The highest BCUT2D eigenvalue weighted by atomic mass is 79.9. The maximum Gasteiger partial charge on any atom is 0.0635 e. The molecule has 0 amide bonds. The molecule has 82 valence electrons. The molecule has 1 aromatic carbocycles. The van der Waals surface area contributed by atoms with Crippen LogP contribution in [0.4, 0.5) is 11.4 Å². The number of benzene rings is 1. The van der Waals surface area contributed by atoms with E-state index in [-0.39, 0.29) is 12.6 Å². The lowest BCUT2D eigenvalue weighted by molar-refractivity contribution is 0.266. The summed E-state index contributed by atoms with van der Waals surface area (Å²) in [7, 11) is 0. The largest absolute Gasteiger partial charge is 0.397 e. The van der Waals surface area contributed by atoms with Crippen LogP contribution in [0.25, 0.3) is 0 Å². The monoisotopic (exact) mass is 270 g/mol. The molecule has 1 atom stereocenters. The topological polar surface area (TPSA) is 49.5 Å². The van der Waals surface area contributed by atoms with Crippen LogP contribution >= 0.6 is 15.9 Å². The zero-order valence-corrected chi connectivity index (χ0v) is 10.1. The number of hydrogen-bond donors (Lipinski definition) is 2. The number of hydrogen-bond acceptors (Lipinski definition) is 3. The number of nitrogen functional groups attached to an aromatic ring is 1. The smallest absolute Gasteiger partial charge is 0.0635 e. The molecule has 3 N–H and O–H groups in total. The first kappa shape index (κ1) is 10.8. The fourth-order valence-corrected chi connectivity index (χ4v) is 2.46. The Balaban J connectivity index is 2.31. The van der Waals surface area contributed by atoms with Gasteiger partial charge in [0.2, 0.25) is 0 Å². The second-order valence-corrected chi connectivity index (χ2v) is 4.79. The van der Waals surface area contributed by atoms with Gasteiger partial charge >= 0.3 is 0 Å². The Morgan fingerprint density at radius 3 is 3.07 bits per heavy atom. The van der Waals surface area contributed by atoms with Crippen LogP contribution in [0.15, 0.2) is 22.7 Å². The first-order valence-electron chi connectivity index (χ1n) is 5.15. The Labute approximate surface area is 98.0 Å². The molecule has 0 radical (unpaired) electrons. The van der Waals surface area contributed by atoms with E-state index in [0.717, 1.165) is 35.2 Å². The maximum absolute atomic E-state index is 9.26. The molecule has 3 nitrogen and oxygen atoms in total. The van der Waals surface area contributed by atoms with Gasteiger partial charge in [0, 0.05) is 11.0 Å². The standard InChI is InChI=1S/C11H15BrN2O/c12-8-3-4-10(13)11(6-8)14-5-1-2-9(14)7-15/h3-4,6,9,15H,1-2,5,7,13H2. The molecule has 1 aliphatic rings. The Morgan fingerprint density at radius 2 is 2.33 bits per heavy atom. The van der Waals surface area contributed by atoms with Gasteiger partial charge in [-0.15, -0.1) is 0 Å². The highest BCUT2D eigenvalue weighted by Gasteiger charge is 2.25. The number of rotatable bonds is 2. The summed E-state index contributed by atoms with van der Waals surface area (Å²) in [4.78, 5) is 2.19. The zero-order chi connectivity index (χ0) is 10.8. The molecular formula is C11H15BrN2O. The van der Waals surface area contributed by atoms with E-state index in [1.807, 2.05) is 18.2 Å². The predicted octanol–water partition coefficient (Wildman–Crippen LogP) is 1.99. The molecule has 15 heavy (non-hydrogen) atoms. The minimum Gasteiger partial charge on any atom is -0.397 e. The van der Waals surface area contributed by atoms with Crippen LogP contribution in [0.2, 0.25) is 0 Å². The Hall–Kier alpha value is -0.740. The minimum atomic E-state index is 0.200. The van der Waals surface area contributed by atoms with Crippen LogP contribution < -0.4 is 10.6 Å². The first-order valence-corrected chi connectivity index (χ1v) is 5.94. The predicted molar refractivity (Wildman–Crippen MR) is 66.0 cm³/mol. The van der Waals surface area contributed by atoms with E-state index < -0.39 is 0 Å². The van der Waals surface area contributed by atoms with Gasteiger partial charge in [-0.05, 0) is 31.0 Å². The fourth-order valence-electron chi connectivity index (χ4n) is 2.11. The van der Waals surface area contributed by atoms with Crippen LogP contribution in [0.1, 0.15) is 12.8 Å². The van der Waals surface area contributed by atoms with Crippen LogP contribution in [0.3, 0.4) is 0 Å². The van der Waals surface area contributed by atoms with Crippen molar-refractivity contribution in [1.82, 2.24) is 0 Å². The van der Waals surface area contributed by atoms with Crippen LogP contribution in [-0.4, -0.2) is 24.3 Å². The average Bonchev–Trinajstić information content (AvgIpc) is 2.69. The molecule has 0 bridgehead atoms. The quantitative estimate of drug-likeness (QED) is 0.809. The molecule has 1 fully saturated rings. The van der Waals surface area contributed by atoms with Gasteiger partial charge in [-0.2, -0.15) is 0 Å². The number of nitrogens with zero attached hydrogens (tertiary/aromatic N) is 1. The Morgan fingerprint density at radius 1 is 1.53 bits per heavy atom. The molecule has 0 saturated carbocycles. The van der Waals surface area contributed by atoms with Crippen molar-refractivity contribution < 1.29 is 5.11 Å². The number of halogens is 1. The Bertz CT molecular complexity index is 356. The van der Waals surface area contributed by atoms with Crippen LogP contribution in [0.5, 0.6) is 0 Å². The molecule has 0 spiro atoms. The number of aliphatic hydroxyl groups is 1. The van der Waals surface area contributed by atoms with Crippen molar-refractivity contribution in [2.45, 2.75) is 18.9 Å². The Kier molecular flexibility index (Phi) is 3.17. The summed E-state index contributed by atoms with van der Waals surface area (Å²) in [5.41, 5.74) is 7.75. The van der Waals surface area contributed by atoms with Crippen molar-refractivity contribution in [1.29, 1.82) is 0 Å². The van der Waals surface area contributed by atoms with Crippen molar-refractivity contribution in [3.63, 3.8) is 0 Å². The van der Waals surface area contributed by atoms with Crippen LogP contribution in [0, 0.1) is 0 Å². The normalized spacial score (nSPS) is 20.9. The minimum absolute atomic E-state index is 0.200. The lowest BCUT2D eigenvalue weighted by Crippen LogP contribution is -2.32. The van der Waals surface area contributed by atoms with Crippen molar-refractivity contribution in [3.05, 3.63) is 22.7 Å². The van der Waals surface area contributed by atoms with Gasteiger partial charge in [0.05, 0.1) is 24.0 Å². The second-order valence-electron chi connectivity index (χ2n) is 3.88. The van der Waals surface area contributed by atoms with E-state index in [4.69, 9.17) is 5.73 Å². The summed E-state index contributed by atoms with van der Waals surface area (Å²) in [5.74, 6) is 0. The van der Waals surface area contributed by atoms with Crippen molar-refractivity contribution >= 4 is 27.3 Å². The second kappa shape index (κ2) is 4.41. The maximum atomic E-state index is 9.26. The molecule has 2 rings (SSSR count). The summed E-state index contributed by atoms with van der Waals surface area (Å²) in [6, 6.07) is 6.07. The number of anilines is 2. The highest BCUT2D eigenvalue weighted by Crippen LogP contribution is 2.32. The van der Waals surface area contributed by atoms with Gasteiger partial charge in [-0.3, -0.25) is 0 Å². The molecule has 1 unspecified atom stereocenters. The van der Waals surface area contributed by atoms with Gasteiger partial charge in [-0.25, -0.2) is 0 Å². The lowest BCUT2D eigenvalue weighted by atomic mass is 10.2. The summed E-state index contributed by atoms with van der Waals surface area (Å²) in [5, 5.41) is 9.26. The molecule has 1 heterocycles. The van der Waals surface area contributed by atoms with Gasteiger partial charge in [-0.1, -0.05) is 15.9 Å². The third-order valence-electron chi connectivity index (χ3n) is 2.89. The van der Waals surface area contributed by atoms with Gasteiger partial charge in [0.25, 0.3) is 0 Å². The van der Waals surface area contributed by atoms with E-state index in [9.17, 15) is 5.11 Å². The molecule has 0 aliphatic carbocycles. The molecule has 1 aliphatic heterocycles. The zero-order valence-electron chi connectivity index (χ0n) is 8.49. The van der Waals surface area contributed by atoms with E-state index in [1.165, 1.54) is 0 Å². The molecule has 0 aromatic heterocycles. The van der Waals surface area contributed by atoms with Crippen molar-refractivity contribution in [2.75, 3.05) is 23.8 Å². The van der Waals surface area contributed by atoms with E-state index in [1.54, 1.807) is 0 Å². The SMILES string of the molecule is Nc1ccc(Br)cc1N1CCCC1CO. The number of nitrogens with two attached hydrogens (primary N) is 1. The van der Waals surface area contributed by atoms with E-state index in [2.05, 4.69) is 20.8 Å². The fraction of sp³-hybridized carbons (Fsp3) is 0.455. The molecule has 4 heteroatoms. The number of aliphatic hydroxyl groups excluding tert-OH is 1. The molecule has 1 aromatic rings. The van der Waals surface area contributed by atoms with Crippen LogP contribution in [-0.2, 0) is 0 Å². The van der Waals surface area contributed by atoms with Crippen molar-refractivity contribution in [2.24, 2.45) is 0 Å². The first-order chi connectivity index (χ1) is 7.22. The third-order valence-corrected chi connectivity index (χ3v) is 3.38. The third kappa shape index (κ3) is 2.11. The summed E-state index contributed by atoms with van der Waals surface area (Å²) in [6.45, 7) is 1.18. The van der Waals surface area contributed by atoms with Gasteiger partial charge < -0.3 is 15.7 Å².